The van der Waals surface area contributed by atoms with Gasteiger partial charge in [-0.2, -0.15) is 5.26 Å². The molecule has 3 rings (SSSR count). The third kappa shape index (κ3) is 5.53. The summed E-state index contributed by atoms with van der Waals surface area (Å²) in [4.78, 5) is 24.5. The van der Waals surface area contributed by atoms with Crippen LogP contribution in [0.1, 0.15) is 29.0 Å². The van der Waals surface area contributed by atoms with Gasteiger partial charge in [0.2, 0.25) is 11.8 Å². The number of hydrogen-bond donors (Lipinski definition) is 2. The van der Waals surface area contributed by atoms with E-state index in [2.05, 4.69) is 10.6 Å². The van der Waals surface area contributed by atoms with Crippen LogP contribution in [0.25, 0.3) is 0 Å². The Morgan fingerprint density at radius 2 is 1.38 bits per heavy atom. The first-order valence-corrected chi connectivity index (χ1v) is 9.30. The van der Waals surface area contributed by atoms with Crippen LogP contribution in [-0.4, -0.2) is 11.8 Å². The average molecular weight is 383 g/mol. The molecule has 0 heterocycles. The van der Waals surface area contributed by atoms with Crippen molar-refractivity contribution in [1.82, 2.24) is 5.32 Å². The SMILES string of the molecule is N#CCC(=O)Nc1ccc(CNC(=O)C(c2ccccc2)c2ccccc2)cc1. The summed E-state index contributed by atoms with van der Waals surface area (Å²) in [7, 11) is 0. The zero-order valence-electron chi connectivity index (χ0n) is 15.8. The summed E-state index contributed by atoms with van der Waals surface area (Å²) in [5.41, 5.74) is 3.40. The predicted molar refractivity (Wildman–Crippen MR) is 112 cm³/mol. The van der Waals surface area contributed by atoms with Crippen molar-refractivity contribution < 1.29 is 9.59 Å². The number of carbonyl (C=O) groups excluding carboxylic acids is 2. The van der Waals surface area contributed by atoms with E-state index in [1.54, 1.807) is 12.1 Å². The number of hydrogen-bond acceptors (Lipinski definition) is 3. The molecule has 0 fully saturated rings. The zero-order chi connectivity index (χ0) is 20.5. The molecule has 2 N–H and O–H groups in total. The molecule has 0 aliphatic carbocycles. The van der Waals surface area contributed by atoms with E-state index in [0.717, 1.165) is 16.7 Å². The van der Waals surface area contributed by atoms with Gasteiger partial charge in [-0.05, 0) is 28.8 Å². The van der Waals surface area contributed by atoms with Crippen LogP contribution < -0.4 is 10.6 Å². The van der Waals surface area contributed by atoms with E-state index in [9.17, 15) is 9.59 Å². The minimum Gasteiger partial charge on any atom is -0.351 e. The zero-order valence-corrected chi connectivity index (χ0v) is 15.8. The lowest BCUT2D eigenvalue weighted by Crippen LogP contribution is -2.29. The number of carbonyl (C=O) groups is 2. The molecular formula is C24H21N3O2. The Hall–Kier alpha value is -3.91. The second-order valence-electron chi connectivity index (χ2n) is 6.55. The van der Waals surface area contributed by atoms with Gasteiger partial charge in [-0.15, -0.1) is 0 Å². The molecule has 5 heteroatoms. The van der Waals surface area contributed by atoms with Crippen molar-refractivity contribution in [1.29, 1.82) is 5.26 Å². The molecular weight excluding hydrogens is 362 g/mol. The molecule has 0 aliphatic heterocycles. The lowest BCUT2D eigenvalue weighted by molar-refractivity contribution is -0.121. The monoisotopic (exact) mass is 383 g/mol. The molecule has 144 valence electrons. The Morgan fingerprint density at radius 3 is 1.90 bits per heavy atom. The maximum absolute atomic E-state index is 13.0. The highest BCUT2D eigenvalue weighted by Gasteiger charge is 2.22. The second-order valence-corrected chi connectivity index (χ2v) is 6.55. The summed E-state index contributed by atoms with van der Waals surface area (Å²) in [6.45, 7) is 0.376. The third-order valence-electron chi connectivity index (χ3n) is 4.47. The summed E-state index contributed by atoms with van der Waals surface area (Å²) < 4.78 is 0. The van der Waals surface area contributed by atoms with Crippen molar-refractivity contribution in [3.05, 3.63) is 102 Å². The van der Waals surface area contributed by atoms with E-state index >= 15 is 0 Å². The van der Waals surface area contributed by atoms with Crippen molar-refractivity contribution in [2.24, 2.45) is 0 Å². The maximum atomic E-state index is 13.0. The molecule has 0 radical (unpaired) electrons. The quantitative estimate of drug-likeness (QED) is 0.647. The van der Waals surface area contributed by atoms with Crippen LogP contribution in [0.2, 0.25) is 0 Å². The van der Waals surface area contributed by atoms with Gasteiger partial charge in [0.15, 0.2) is 0 Å². The normalized spacial score (nSPS) is 10.2. The average Bonchev–Trinajstić information content (AvgIpc) is 2.75. The number of anilines is 1. The minimum atomic E-state index is -0.387. The molecule has 0 spiro atoms. The van der Waals surface area contributed by atoms with Crippen LogP contribution in [0.15, 0.2) is 84.9 Å². The Bertz CT molecular complexity index is 954. The molecule has 2 amide bonds. The van der Waals surface area contributed by atoms with Gasteiger partial charge in [-0.1, -0.05) is 72.8 Å². The summed E-state index contributed by atoms with van der Waals surface area (Å²) >= 11 is 0. The van der Waals surface area contributed by atoms with Gasteiger partial charge in [0.25, 0.3) is 0 Å². The molecule has 0 unspecified atom stereocenters. The Morgan fingerprint density at radius 1 is 0.828 bits per heavy atom. The molecule has 0 aliphatic rings. The van der Waals surface area contributed by atoms with Crippen molar-refractivity contribution in [2.45, 2.75) is 18.9 Å². The first-order valence-electron chi connectivity index (χ1n) is 9.30. The van der Waals surface area contributed by atoms with Gasteiger partial charge in [0, 0.05) is 12.2 Å². The van der Waals surface area contributed by atoms with Crippen LogP contribution in [0, 0.1) is 11.3 Å². The lowest BCUT2D eigenvalue weighted by Gasteiger charge is -2.18. The summed E-state index contributed by atoms with van der Waals surface area (Å²) in [5.74, 6) is -0.808. The predicted octanol–water partition coefficient (Wildman–Crippen LogP) is 3.99. The van der Waals surface area contributed by atoms with Crippen LogP contribution in [-0.2, 0) is 16.1 Å². The topological polar surface area (TPSA) is 82.0 Å². The molecule has 0 saturated heterocycles. The standard InChI is InChI=1S/C24H21N3O2/c25-16-15-22(28)27-21-13-11-18(12-14-21)17-26-24(29)23(19-7-3-1-4-8-19)20-9-5-2-6-10-20/h1-14,23H,15,17H2,(H,26,29)(H,27,28). The number of rotatable bonds is 7. The summed E-state index contributed by atoms with van der Waals surface area (Å²) in [5, 5.41) is 14.2. The van der Waals surface area contributed by atoms with Crippen molar-refractivity contribution in [3.63, 3.8) is 0 Å². The van der Waals surface area contributed by atoms with E-state index in [4.69, 9.17) is 5.26 Å². The van der Waals surface area contributed by atoms with Crippen molar-refractivity contribution in [3.8, 4) is 6.07 Å². The molecule has 3 aromatic carbocycles. The fourth-order valence-corrected chi connectivity index (χ4v) is 3.06. The highest BCUT2D eigenvalue weighted by molar-refractivity contribution is 5.92. The van der Waals surface area contributed by atoms with Gasteiger partial charge >= 0.3 is 0 Å². The molecule has 0 saturated carbocycles. The Labute approximate surface area is 170 Å². The van der Waals surface area contributed by atoms with Crippen LogP contribution in [0.3, 0.4) is 0 Å². The lowest BCUT2D eigenvalue weighted by atomic mass is 9.90. The van der Waals surface area contributed by atoms with Crippen molar-refractivity contribution >= 4 is 17.5 Å². The van der Waals surface area contributed by atoms with E-state index in [0.29, 0.717) is 12.2 Å². The number of nitriles is 1. The molecule has 0 atom stereocenters. The molecule has 0 bridgehead atoms. The van der Waals surface area contributed by atoms with E-state index < -0.39 is 0 Å². The van der Waals surface area contributed by atoms with Gasteiger partial charge < -0.3 is 10.6 Å². The second kappa shape index (κ2) is 9.86. The number of amides is 2. The van der Waals surface area contributed by atoms with Crippen LogP contribution in [0.4, 0.5) is 5.69 Å². The maximum Gasteiger partial charge on any atom is 0.238 e. The highest BCUT2D eigenvalue weighted by Crippen LogP contribution is 2.25. The number of benzene rings is 3. The molecule has 3 aromatic rings. The summed E-state index contributed by atoms with van der Waals surface area (Å²) in [6, 6.07) is 28.4. The van der Waals surface area contributed by atoms with Crippen LogP contribution in [0.5, 0.6) is 0 Å². The third-order valence-corrected chi connectivity index (χ3v) is 4.47. The molecule has 0 aromatic heterocycles. The first kappa shape index (κ1) is 19.8. The highest BCUT2D eigenvalue weighted by atomic mass is 16.2. The van der Waals surface area contributed by atoms with E-state index in [1.165, 1.54) is 0 Å². The Balaban J connectivity index is 1.68. The summed E-state index contributed by atoms with van der Waals surface area (Å²) in [6.07, 6.45) is -0.182. The largest absolute Gasteiger partial charge is 0.351 e. The van der Waals surface area contributed by atoms with Gasteiger partial charge in [-0.25, -0.2) is 0 Å². The first-order chi connectivity index (χ1) is 14.2. The fraction of sp³-hybridized carbons (Fsp3) is 0.125. The van der Waals surface area contributed by atoms with E-state index in [1.807, 2.05) is 78.9 Å². The number of nitrogens with one attached hydrogen (secondary N) is 2. The van der Waals surface area contributed by atoms with Crippen LogP contribution >= 0.6 is 0 Å². The smallest absolute Gasteiger partial charge is 0.238 e. The van der Waals surface area contributed by atoms with Crippen molar-refractivity contribution in [2.75, 3.05) is 5.32 Å². The van der Waals surface area contributed by atoms with Gasteiger partial charge in [-0.3, -0.25) is 9.59 Å². The minimum absolute atomic E-state index is 0.0752. The fourth-order valence-electron chi connectivity index (χ4n) is 3.06. The number of nitrogens with zero attached hydrogens (tertiary/aromatic N) is 1. The molecule has 5 nitrogen and oxygen atoms in total. The van der Waals surface area contributed by atoms with E-state index in [-0.39, 0.29) is 24.2 Å². The van der Waals surface area contributed by atoms with Gasteiger partial charge in [0.1, 0.15) is 6.42 Å². The Kier molecular flexibility index (Phi) is 6.75. The van der Waals surface area contributed by atoms with Gasteiger partial charge in [0.05, 0.1) is 12.0 Å². The molecule has 29 heavy (non-hydrogen) atoms.